The van der Waals surface area contributed by atoms with Gasteiger partial charge >= 0.3 is 0 Å². The van der Waals surface area contributed by atoms with Crippen molar-refractivity contribution >= 4 is 68.8 Å². The maximum Gasteiger partial charge on any atom is 0.152 e. The second-order valence-electron chi connectivity index (χ2n) is 25.4. The van der Waals surface area contributed by atoms with Gasteiger partial charge in [0.2, 0.25) is 0 Å². The maximum absolute atomic E-state index is 4.13. The van der Waals surface area contributed by atoms with Gasteiger partial charge in [0.1, 0.15) is 0 Å². The van der Waals surface area contributed by atoms with Crippen LogP contribution in [0.4, 0.5) is 0 Å². The predicted molar refractivity (Wildman–Crippen MR) is 443 cm³/mol. The summed E-state index contributed by atoms with van der Waals surface area (Å²) in [6.07, 6.45) is 11.0. The molecule has 2 nitrogen and oxygen atoms in total. The molecule has 0 fully saturated rings. The predicted octanol–water partition coefficient (Wildman–Crippen LogP) is 27.1. The number of fused-ring (bicyclic) bond motifs is 19. The highest BCUT2D eigenvalue weighted by molar-refractivity contribution is 7.20. The molecule has 0 amide bonds. The van der Waals surface area contributed by atoms with Crippen LogP contribution in [0.1, 0.15) is 66.8 Å². The minimum absolute atomic E-state index is 0.180. The van der Waals surface area contributed by atoms with E-state index in [9.17, 15) is 0 Å². The van der Waals surface area contributed by atoms with Crippen molar-refractivity contribution in [3.63, 3.8) is 0 Å². The number of thiophene rings is 3. The molecular weight excluding hydrogens is 1340 g/mol. The first-order chi connectivity index (χ1) is 51.1. The molecule has 17 aromatic rings. The average Bonchev–Trinajstić information content (AvgIpc) is 1.51. The topological polar surface area (TPSA) is 25.8 Å². The fourth-order valence-corrected chi connectivity index (χ4v) is 18.2. The Bertz CT molecular complexity index is 5140. The molecule has 103 heavy (non-hydrogen) atoms. The number of rotatable bonds is 5. The Morgan fingerprint density at radius 2 is 0.553 bits per heavy atom. The molecule has 12 aromatic carbocycles. The smallest absolute Gasteiger partial charge is 0.152 e. The lowest BCUT2D eigenvalue weighted by atomic mass is 9.70. The monoisotopic (exact) mass is 1410 g/mol. The van der Waals surface area contributed by atoms with Gasteiger partial charge in [0.05, 0.1) is 5.41 Å². The van der Waals surface area contributed by atoms with Crippen molar-refractivity contribution in [1.82, 2.24) is 9.97 Å². The minimum atomic E-state index is -0.180. The van der Waals surface area contributed by atoms with Crippen molar-refractivity contribution < 1.29 is 0 Å². The van der Waals surface area contributed by atoms with E-state index in [-0.39, 0.29) is 5.41 Å². The molecule has 1 spiro atoms. The average molecular weight is 1410 g/mol. The number of nitrogens with zero attached hydrogens (tertiary/aromatic N) is 2. The lowest BCUT2D eigenvalue weighted by Crippen LogP contribution is -2.25. The van der Waals surface area contributed by atoms with E-state index in [2.05, 4.69) is 312 Å². The van der Waals surface area contributed by atoms with Crippen LogP contribution in [0.2, 0.25) is 0 Å². The van der Waals surface area contributed by atoms with Crippen LogP contribution >= 0.6 is 56.7 Å². The number of hydrogen-bond acceptors (Lipinski definition) is 7. The molecule has 0 aliphatic heterocycles. The molecule has 5 heterocycles. The number of thiazole rings is 2. The Hall–Kier alpha value is -11.3. The Kier molecular flexibility index (Phi) is 20.2. The number of aromatic nitrogens is 2. The van der Waals surface area contributed by atoms with Gasteiger partial charge in [0.25, 0.3) is 0 Å². The van der Waals surface area contributed by atoms with Crippen LogP contribution in [0.5, 0.6) is 0 Å². The van der Waals surface area contributed by atoms with Crippen LogP contribution in [0.15, 0.2) is 372 Å². The molecule has 0 saturated carbocycles. The molecule has 494 valence electrons. The van der Waals surface area contributed by atoms with Crippen LogP contribution in [-0.4, -0.2) is 9.97 Å². The molecule has 0 atom stereocenters. The lowest BCUT2D eigenvalue weighted by molar-refractivity contribution is 0.794. The van der Waals surface area contributed by atoms with Crippen molar-refractivity contribution in [2.75, 3.05) is 0 Å². The summed E-state index contributed by atoms with van der Waals surface area (Å²) < 4.78 is 0. The van der Waals surface area contributed by atoms with Gasteiger partial charge in [-0.25, -0.2) is 9.97 Å². The van der Waals surface area contributed by atoms with Crippen molar-refractivity contribution in [3.05, 3.63) is 439 Å². The Labute approximate surface area is 623 Å². The van der Waals surface area contributed by atoms with E-state index < -0.39 is 0 Å². The minimum Gasteiger partial charge on any atom is -0.242 e. The molecule has 5 aliphatic rings. The zero-order valence-electron chi connectivity index (χ0n) is 56.5. The van der Waals surface area contributed by atoms with Crippen LogP contribution in [0.25, 0.3) is 98.7 Å². The molecule has 22 rings (SSSR count). The van der Waals surface area contributed by atoms with E-state index in [0.29, 0.717) is 0 Å². The number of hydrogen-bond donors (Lipinski definition) is 0. The molecule has 0 N–H and O–H groups in total. The summed E-state index contributed by atoms with van der Waals surface area (Å²) in [7, 11) is 0. The molecule has 0 bridgehead atoms. The van der Waals surface area contributed by atoms with E-state index >= 15 is 0 Å². The summed E-state index contributed by atoms with van der Waals surface area (Å²) >= 11 is 8.53. The fourth-order valence-electron chi connectivity index (χ4n) is 14.8. The Balaban J connectivity index is 0.0000000979. The highest BCUT2D eigenvalue weighted by Gasteiger charge is 2.51. The van der Waals surface area contributed by atoms with Gasteiger partial charge in [-0.15, -0.1) is 45.3 Å². The summed E-state index contributed by atoms with van der Waals surface area (Å²) in [5.41, 5.74) is 33.2. The van der Waals surface area contributed by atoms with E-state index in [1.165, 1.54) is 143 Å². The Morgan fingerprint density at radius 1 is 0.243 bits per heavy atom. The summed E-state index contributed by atoms with van der Waals surface area (Å²) in [6, 6.07) is 118. The van der Waals surface area contributed by atoms with Gasteiger partial charge in [-0.05, 0) is 186 Å². The van der Waals surface area contributed by atoms with E-state index in [1.54, 1.807) is 69.1 Å². The SMILES string of the molecule is C(=C\c1ccccc1)/c1ccccc1.c1ccc2c(c1)-c1ccccc1C21c2ccccc2-c2ccccc21.c1ccc2c(c1)Cc1cc(-c3ccc4c(c3)Cc3ccccc3-4)ccc1-2.c1ccc2c(c1)Cc1ccccc1-2.c1ccsc1.c1csc(-c2cccs2)c1.c1csc(-c2nccs2)n1. The van der Waals surface area contributed by atoms with Crippen molar-refractivity contribution in [2.45, 2.75) is 24.7 Å². The summed E-state index contributed by atoms with van der Waals surface area (Å²) in [5, 5.41) is 14.2. The Morgan fingerprint density at radius 3 is 0.864 bits per heavy atom. The zero-order valence-corrected chi connectivity index (χ0v) is 60.6. The normalized spacial score (nSPS) is 12.2. The van der Waals surface area contributed by atoms with Crippen LogP contribution < -0.4 is 0 Å². The lowest BCUT2D eigenvalue weighted by Gasteiger charge is -2.30. The second kappa shape index (κ2) is 31.3. The van der Waals surface area contributed by atoms with E-state index in [0.717, 1.165) is 29.3 Å². The first kappa shape index (κ1) is 66.3. The van der Waals surface area contributed by atoms with Gasteiger partial charge < -0.3 is 0 Å². The third kappa shape index (κ3) is 14.1. The van der Waals surface area contributed by atoms with Gasteiger partial charge in [-0.3, -0.25) is 0 Å². The zero-order chi connectivity index (χ0) is 69.0. The van der Waals surface area contributed by atoms with E-state index in [4.69, 9.17) is 0 Å². The molecule has 0 unspecified atom stereocenters. The molecule has 0 radical (unpaired) electrons. The fraction of sp³-hybridized carbons (Fsp3) is 0.0417. The molecule has 7 heteroatoms. The standard InChI is InChI=1S/C26H18.C25H16.C14H12.C13H10.C8H6S2.C6H4N2S2.C4H4S/c1-3-7-23-19(5-1)15-21-13-17(9-11-25(21)23)18-10-12-26-22(14-18)16-20-6-2-4-8-24(20)26;1-5-13-21-17(9-1)18-10-2-6-14-22(18)25(21)23-15-7-3-11-19(23)20-12-4-8-16-24(20)25;1-3-7-13(8-4-1)11-12-14-9-5-2-6-10-14;1-3-7-12-10(5-1)9-11-6-2-4-8-13(11)12;1-3-7(9-5-1)8-4-2-6-10-8;1-3-9-5(7-1)6-8-2-4-10-6;1-2-4-5-3-1/h1-14H,15-16H2;1-16H;1-12H;1-8H,9H2;1-6H;1-4H;1-4H/b;;12-11+;;;;. The van der Waals surface area contributed by atoms with E-state index in [1.807, 2.05) is 70.1 Å². The van der Waals surface area contributed by atoms with Gasteiger partial charge in [-0.1, -0.05) is 328 Å². The molecular formula is C96H70N2S5. The van der Waals surface area contributed by atoms with Crippen molar-refractivity contribution in [3.8, 4) is 86.5 Å². The number of benzene rings is 12. The largest absolute Gasteiger partial charge is 0.242 e. The summed E-state index contributed by atoms with van der Waals surface area (Å²) in [5.74, 6) is 0. The third-order valence-electron chi connectivity index (χ3n) is 19.4. The summed E-state index contributed by atoms with van der Waals surface area (Å²) in [6.45, 7) is 0. The quantitative estimate of drug-likeness (QED) is 0.161. The maximum atomic E-state index is 4.13. The van der Waals surface area contributed by atoms with Gasteiger partial charge in [0.15, 0.2) is 10.0 Å². The van der Waals surface area contributed by atoms with Crippen molar-refractivity contribution in [1.29, 1.82) is 0 Å². The van der Waals surface area contributed by atoms with Crippen LogP contribution in [0, 0.1) is 0 Å². The first-order valence-electron chi connectivity index (χ1n) is 34.7. The molecule has 5 aromatic heterocycles. The third-order valence-corrected chi connectivity index (χ3v) is 23.6. The second-order valence-corrected chi connectivity index (χ2v) is 29.9. The van der Waals surface area contributed by atoms with Crippen LogP contribution in [0.3, 0.4) is 0 Å². The van der Waals surface area contributed by atoms with Crippen molar-refractivity contribution in [2.24, 2.45) is 0 Å². The summed E-state index contributed by atoms with van der Waals surface area (Å²) in [4.78, 5) is 11.0. The van der Waals surface area contributed by atoms with Gasteiger partial charge in [0, 0.05) is 32.9 Å². The molecule has 0 saturated heterocycles. The highest BCUT2D eigenvalue weighted by atomic mass is 32.1. The first-order valence-corrected chi connectivity index (χ1v) is 39.2. The van der Waals surface area contributed by atoms with Crippen LogP contribution in [-0.2, 0) is 24.7 Å². The highest BCUT2D eigenvalue weighted by Crippen LogP contribution is 2.62. The molecule has 5 aliphatic carbocycles. The van der Waals surface area contributed by atoms with Gasteiger partial charge in [-0.2, -0.15) is 11.3 Å².